The van der Waals surface area contributed by atoms with Crippen molar-refractivity contribution in [1.29, 1.82) is 0 Å². The van der Waals surface area contributed by atoms with Gasteiger partial charge < -0.3 is 14.8 Å². The first-order chi connectivity index (χ1) is 11.8. The maximum atomic E-state index is 12.3. The van der Waals surface area contributed by atoms with E-state index in [1.807, 2.05) is 11.8 Å². The lowest BCUT2D eigenvalue weighted by molar-refractivity contribution is 0.0374. The minimum Gasteiger partial charge on any atom is -0.473 e. The Labute approximate surface area is 147 Å². The van der Waals surface area contributed by atoms with E-state index < -0.39 is 0 Å². The van der Waals surface area contributed by atoms with E-state index in [0.29, 0.717) is 18.0 Å². The van der Waals surface area contributed by atoms with Crippen molar-refractivity contribution in [1.82, 2.24) is 15.2 Å². The van der Waals surface area contributed by atoms with E-state index in [0.717, 1.165) is 57.2 Å². The number of nitrogens with one attached hydrogen (secondary N) is 1. The first kappa shape index (κ1) is 17.5. The van der Waals surface area contributed by atoms with Crippen molar-refractivity contribution in [3.63, 3.8) is 0 Å². The van der Waals surface area contributed by atoms with Crippen LogP contribution in [0.5, 0.6) is 5.88 Å². The van der Waals surface area contributed by atoms with Gasteiger partial charge in [-0.05, 0) is 31.2 Å². The summed E-state index contributed by atoms with van der Waals surface area (Å²) in [7, 11) is 0. The van der Waals surface area contributed by atoms with Gasteiger partial charge in [-0.1, -0.05) is 0 Å². The average molecular weight is 351 g/mol. The molecule has 7 heteroatoms. The second kappa shape index (κ2) is 9.25. The van der Waals surface area contributed by atoms with Gasteiger partial charge in [-0.15, -0.1) is 0 Å². The molecular formula is C17H25N3O3S. The van der Waals surface area contributed by atoms with Crippen molar-refractivity contribution < 1.29 is 14.3 Å². The second-order valence-electron chi connectivity index (χ2n) is 6.05. The summed E-state index contributed by atoms with van der Waals surface area (Å²) < 4.78 is 11.2. The number of ether oxygens (including phenoxy) is 2. The smallest absolute Gasteiger partial charge is 0.251 e. The van der Waals surface area contributed by atoms with Gasteiger partial charge in [-0.3, -0.25) is 9.69 Å². The Morgan fingerprint density at radius 2 is 2.33 bits per heavy atom. The quantitative estimate of drug-likeness (QED) is 0.750. The van der Waals surface area contributed by atoms with Crippen LogP contribution < -0.4 is 10.1 Å². The van der Waals surface area contributed by atoms with E-state index in [1.54, 1.807) is 18.3 Å². The fraction of sp³-hybridized carbons (Fsp3) is 0.647. The van der Waals surface area contributed by atoms with Gasteiger partial charge in [0.1, 0.15) is 6.10 Å². The molecule has 24 heavy (non-hydrogen) atoms. The molecule has 3 rings (SSSR count). The van der Waals surface area contributed by atoms with Crippen molar-refractivity contribution in [2.24, 2.45) is 0 Å². The van der Waals surface area contributed by atoms with Crippen LogP contribution in [0.1, 0.15) is 23.2 Å². The predicted octanol–water partition coefficient (Wildman–Crippen LogP) is 1.42. The molecule has 0 aliphatic carbocycles. The zero-order valence-corrected chi connectivity index (χ0v) is 14.7. The highest BCUT2D eigenvalue weighted by Crippen LogP contribution is 2.22. The van der Waals surface area contributed by atoms with Crippen LogP contribution in [-0.2, 0) is 4.74 Å². The highest BCUT2D eigenvalue weighted by atomic mass is 32.2. The molecule has 3 heterocycles. The number of thioether (sulfide) groups is 1. The molecule has 2 aliphatic rings. The normalized spacial score (nSPS) is 21.6. The molecule has 0 saturated carbocycles. The minimum absolute atomic E-state index is 0.0648. The molecule has 2 saturated heterocycles. The largest absolute Gasteiger partial charge is 0.473 e. The van der Waals surface area contributed by atoms with Gasteiger partial charge in [0.25, 0.3) is 5.91 Å². The molecule has 1 atom stereocenters. The van der Waals surface area contributed by atoms with Gasteiger partial charge in [0.2, 0.25) is 5.88 Å². The van der Waals surface area contributed by atoms with Gasteiger partial charge in [0, 0.05) is 43.2 Å². The van der Waals surface area contributed by atoms with Crippen LogP contribution in [-0.4, -0.2) is 72.8 Å². The number of carbonyl (C=O) groups excluding carboxylic acids is 1. The van der Waals surface area contributed by atoms with Gasteiger partial charge in [-0.2, -0.15) is 11.8 Å². The lowest BCUT2D eigenvalue weighted by Gasteiger charge is -2.26. The SMILES string of the molecule is O=C(NCCCN1CCOCC1)c1ccnc(OC2CCSC2)c1. The third-order valence-corrected chi connectivity index (χ3v) is 5.34. The topological polar surface area (TPSA) is 63.7 Å². The molecule has 0 radical (unpaired) electrons. The minimum atomic E-state index is -0.0648. The number of amides is 1. The summed E-state index contributed by atoms with van der Waals surface area (Å²) in [6.07, 6.45) is 3.85. The molecule has 1 N–H and O–H groups in total. The predicted molar refractivity (Wildman–Crippen MR) is 94.8 cm³/mol. The molecular weight excluding hydrogens is 326 g/mol. The Hall–Kier alpha value is -1.31. The Morgan fingerprint density at radius 3 is 3.12 bits per heavy atom. The van der Waals surface area contributed by atoms with E-state index in [-0.39, 0.29) is 12.0 Å². The zero-order chi connectivity index (χ0) is 16.6. The van der Waals surface area contributed by atoms with Crippen LogP contribution >= 0.6 is 11.8 Å². The number of nitrogens with zero attached hydrogens (tertiary/aromatic N) is 2. The van der Waals surface area contributed by atoms with Crippen molar-refractivity contribution in [3.8, 4) is 5.88 Å². The number of carbonyl (C=O) groups is 1. The second-order valence-corrected chi connectivity index (χ2v) is 7.20. The maximum Gasteiger partial charge on any atom is 0.251 e. The van der Waals surface area contributed by atoms with E-state index in [9.17, 15) is 4.79 Å². The fourth-order valence-electron chi connectivity index (χ4n) is 2.82. The van der Waals surface area contributed by atoms with Gasteiger partial charge in [0.05, 0.1) is 13.2 Å². The lowest BCUT2D eigenvalue weighted by atomic mass is 10.2. The van der Waals surface area contributed by atoms with Crippen molar-refractivity contribution in [3.05, 3.63) is 23.9 Å². The summed E-state index contributed by atoms with van der Waals surface area (Å²) in [6, 6.07) is 3.47. The number of morpholine rings is 1. The first-order valence-corrected chi connectivity index (χ1v) is 9.75. The van der Waals surface area contributed by atoms with E-state index in [4.69, 9.17) is 9.47 Å². The van der Waals surface area contributed by atoms with Crippen LogP contribution in [0.25, 0.3) is 0 Å². The molecule has 132 valence electrons. The molecule has 1 unspecified atom stereocenters. The third kappa shape index (κ3) is 5.36. The monoisotopic (exact) mass is 351 g/mol. The summed E-state index contributed by atoms with van der Waals surface area (Å²) in [5.74, 6) is 2.61. The van der Waals surface area contributed by atoms with E-state index in [1.165, 1.54) is 0 Å². The summed E-state index contributed by atoms with van der Waals surface area (Å²) in [6.45, 7) is 5.26. The zero-order valence-electron chi connectivity index (χ0n) is 13.9. The maximum absolute atomic E-state index is 12.3. The van der Waals surface area contributed by atoms with Crippen LogP contribution in [0, 0.1) is 0 Å². The van der Waals surface area contributed by atoms with Gasteiger partial charge >= 0.3 is 0 Å². The number of aromatic nitrogens is 1. The molecule has 0 aromatic carbocycles. The summed E-state index contributed by atoms with van der Waals surface area (Å²) >= 11 is 1.89. The fourth-order valence-corrected chi connectivity index (χ4v) is 3.92. The number of rotatable bonds is 7. The Bertz CT molecular complexity index is 532. The standard InChI is InChI=1S/C17H25N3O3S/c21-17(19-4-1-6-20-7-9-22-10-8-20)14-2-5-18-16(12-14)23-15-3-11-24-13-15/h2,5,12,15H,1,3-4,6-11,13H2,(H,19,21). The Balaban J connectivity index is 1.40. The summed E-state index contributed by atoms with van der Waals surface area (Å²) in [5, 5.41) is 2.98. The number of pyridine rings is 1. The Kier molecular flexibility index (Phi) is 6.75. The average Bonchev–Trinajstić information content (AvgIpc) is 3.13. The van der Waals surface area contributed by atoms with Crippen LogP contribution in [0.4, 0.5) is 0 Å². The highest BCUT2D eigenvalue weighted by Gasteiger charge is 2.18. The number of hydrogen-bond acceptors (Lipinski definition) is 6. The van der Waals surface area contributed by atoms with Crippen molar-refractivity contribution >= 4 is 17.7 Å². The summed E-state index contributed by atoms with van der Waals surface area (Å²) in [5.41, 5.74) is 0.608. The van der Waals surface area contributed by atoms with Gasteiger partial charge in [0.15, 0.2) is 0 Å². The van der Waals surface area contributed by atoms with Crippen LogP contribution in [0.2, 0.25) is 0 Å². The molecule has 0 spiro atoms. The molecule has 1 aromatic rings. The van der Waals surface area contributed by atoms with Crippen molar-refractivity contribution in [2.75, 3.05) is 50.9 Å². The van der Waals surface area contributed by atoms with Crippen molar-refractivity contribution in [2.45, 2.75) is 18.9 Å². The lowest BCUT2D eigenvalue weighted by Crippen LogP contribution is -2.38. The molecule has 0 bridgehead atoms. The highest BCUT2D eigenvalue weighted by molar-refractivity contribution is 7.99. The van der Waals surface area contributed by atoms with E-state index >= 15 is 0 Å². The summed E-state index contributed by atoms with van der Waals surface area (Å²) in [4.78, 5) is 18.8. The van der Waals surface area contributed by atoms with Crippen LogP contribution in [0.3, 0.4) is 0 Å². The molecule has 2 aliphatic heterocycles. The molecule has 6 nitrogen and oxygen atoms in total. The van der Waals surface area contributed by atoms with Crippen LogP contribution in [0.15, 0.2) is 18.3 Å². The Morgan fingerprint density at radius 1 is 1.46 bits per heavy atom. The van der Waals surface area contributed by atoms with E-state index in [2.05, 4.69) is 15.2 Å². The first-order valence-electron chi connectivity index (χ1n) is 8.60. The number of hydrogen-bond donors (Lipinski definition) is 1. The molecule has 1 amide bonds. The molecule has 1 aromatic heterocycles. The molecule has 2 fully saturated rings. The third-order valence-electron chi connectivity index (χ3n) is 4.21. The van der Waals surface area contributed by atoms with Gasteiger partial charge in [-0.25, -0.2) is 4.98 Å².